The Kier molecular flexibility index (Phi) is 3.06. The third-order valence-corrected chi connectivity index (χ3v) is 3.78. The number of hydrogen-bond acceptors (Lipinski definition) is 3. The zero-order chi connectivity index (χ0) is 12.5. The lowest BCUT2D eigenvalue weighted by molar-refractivity contribution is 0.233. The van der Waals surface area contributed by atoms with E-state index in [9.17, 15) is 0 Å². The van der Waals surface area contributed by atoms with Gasteiger partial charge in [0.2, 0.25) is 0 Å². The second-order valence-corrected chi connectivity index (χ2v) is 5.07. The van der Waals surface area contributed by atoms with Crippen LogP contribution in [0.2, 0.25) is 0 Å². The molecule has 3 rings (SSSR count). The Bertz CT molecular complexity index is 552. The van der Waals surface area contributed by atoms with Gasteiger partial charge in [0.1, 0.15) is 5.82 Å². The van der Waals surface area contributed by atoms with Crippen LogP contribution in [-0.4, -0.2) is 40.6 Å². The molecule has 0 unspecified atom stereocenters. The molecule has 1 aliphatic heterocycles. The molecule has 0 amide bonds. The summed E-state index contributed by atoms with van der Waals surface area (Å²) in [5.74, 6) is 1.07. The first kappa shape index (κ1) is 11.7. The van der Waals surface area contributed by atoms with Gasteiger partial charge in [-0.25, -0.2) is 4.98 Å². The van der Waals surface area contributed by atoms with Gasteiger partial charge in [-0.3, -0.25) is 4.90 Å². The Hall–Kier alpha value is -1.39. The average molecular weight is 244 g/mol. The van der Waals surface area contributed by atoms with Crippen molar-refractivity contribution in [1.29, 1.82) is 0 Å². The Labute approximate surface area is 108 Å². The van der Waals surface area contributed by atoms with E-state index in [0.717, 1.165) is 44.1 Å². The Balaban J connectivity index is 1.85. The largest absolute Gasteiger partial charge is 0.331 e. The molecule has 1 aromatic heterocycles. The number of rotatable bonds is 2. The van der Waals surface area contributed by atoms with Crippen LogP contribution < -0.4 is 5.32 Å². The van der Waals surface area contributed by atoms with Gasteiger partial charge < -0.3 is 9.88 Å². The van der Waals surface area contributed by atoms with E-state index in [2.05, 4.69) is 51.9 Å². The standard InChI is InChI=1S/C14H20N4/c1-11-16-13-4-3-12(9-14(13)17(11)2)10-18-7-5-15-6-8-18/h3-4,9,15H,5-8,10H2,1-2H3. The maximum absolute atomic E-state index is 4.54. The molecule has 96 valence electrons. The van der Waals surface area contributed by atoms with Gasteiger partial charge in [-0.05, 0) is 24.6 Å². The fraction of sp³-hybridized carbons (Fsp3) is 0.500. The summed E-state index contributed by atoms with van der Waals surface area (Å²) in [7, 11) is 2.08. The highest BCUT2D eigenvalue weighted by molar-refractivity contribution is 5.76. The van der Waals surface area contributed by atoms with Gasteiger partial charge in [0.05, 0.1) is 11.0 Å². The Morgan fingerprint density at radius 2 is 2.06 bits per heavy atom. The highest BCUT2D eigenvalue weighted by Gasteiger charge is 2.11. The molecule has 1 saturated heterocycles. The molecule has 1 aliphatic rings. The molecule has 0 radical (unpaired) electrons. The molecular formula is C14H20N4. The van der Waals surface area contributed by atoms with Crippen LogP contribution in [0.4, 0.5) is 0 Å². The maximum atomic E-state index is 4.54. The van der Waals surface area contributed by atoms with Gasteiger partial charge in [0.15, 0.2) is 0 Å². The van der Waals surface area contributed by atoms with E-state index in [0.29, 0.717) is 0 Å². The number of nitrogens with zero attached hydrogens (tertiary/aromatic N) is 3. The van der Waals surface area contributed by atoms with Crippen molar-refractivity contribution in [2.24, 2.45) is 7.05 Å². The van der Waals surface area contributed by atoms with Crippen LogP contribution in [0.5, 0.6) is 0 Å². The predicted molar refractivity (Wildman–Crippen MR) is 73.6 cm³/mol. The average Bonchev–Trinajstić information content (AvgIpc) is 2.67. The first-order valence-corrected chi connectivity index (χ1v) is 6.59. The molecule has 18 heavy (non-hydrogen) atoms. The first-order chi connectivity index (χ1) is 8.74. The molecule has 1 aromatic carbocycles. The van der Waals surface area contributed by atoms with Gasteiger partial charge in [-0.15, -0.1) is 0 Å². The van der Waals surface area contributed by atoms with Crippen molar-refractivity contribution in [2.75, 3.05) is 26.2 Å². The number of imidazole rings is 1. The monoisotopic (exact) mass is 244 g/mol. The number of benzene rings is 1. The molecule has 1 fully saturated rings. The summed E-state index contributed by atoms with van der Waals surface area (Å²) in [5, 5.41) is 3.39. The van der Waals surface area contributed by atoms with Crippen LogP contribution in [0.1, 0.15) is 11.4 Å². The van der Waals surface area contributed by atoms with E-state index in [1.165, 1.54) is 11.1 Å². The fourth-order valence-corrected chi connectivity index (χ4v) is 2.58. The van der Waals surface area contributed by atoms with E-state index in [-0.39, 0.29) is 0 Å². The van der Waals surface area contributed by atoms with Crippen molar-refractivity contribution >= 4 is 11.0 Å². The summed E-state index contributed by atoms with van der Waals surface area (Å²) in [4.78, 5) is 7.04. The van der Waals surface area contributed by atoms with Crippen molar-refractivity contribution < 1.29 is 0 Å². The quantitative estimate of drug-likeness (QED) is 0.864. The van der Waals surface area contributed by atoms with E-state index in [1.54, 1.807) is 0 Å². The van der Waals surface area contributed by atoms with E-state index in [4.69, 9.17) is 0 Å². The van der Waals surface area contributed by atoms with Gasteiger partial charge in [-0.2, -0.15) is 0 Å². The van der Waals surface area contributed by atoms with Crippen molar-refractivity contribution in [3.05, 3.63) is 29.6 Å². The summed E-state index contributed by atoms with van der Waals surface area (Å²) < 4.78 is 2.16. The number of fused-ring (bicyclic) bond motifs is 1. The third-order valence-electron chi connectivity index (χ3n) is 3.78. The summed E-state index contributed by atoms with van der Waals surface area (Å²) >= 11 is 0. The summed E-state index contributed by atoms with van der Waals surface area (Å²) in [6.07, 6.45) is 0. The molecule has 4 nitrogen and oxygen atoms in total. The summed E-state index contributed by atoms with van der Waals surface area (Å²) in [6.45, 7) is 7.59. The molecule has 0 saturated carbocycles. The minimum absolute atomic E-state index is 1.04. The fourth-order valence-electron chi connectivity index (χ4n) is 2.58. The maximum Gasteiger partial charge on any atom is 0.106 e. The first-order valence-electron chi connectivity index (χ1n) is 6.59. The number of aryl methyl sites for hydroxylation is 2. The molecule has 4 heteroatoms. The van der Waals surface area contributed by atoms with E-state index in [1.807, 2.05) is 0 Å². The summed E-state index contributed by atoms with van der Waals surface area (Å²) in [6, 6.07) is 6.62. The molecular weight excluding hydrogens is 224 g/mol. The lowest BCUT2D eigenvalue weighted by Gasteiger charge is -2.27. The second-order valence-electron chi connectivity index (χ2n) is 5.07. The zero-order valence-electron chi connectivity index (χ0n) is 11.1. The van der Waals surface area contributed by atoms with E-state index < -0.39 is 0 Å². The smallest absolute Gasteiger partial charge is 0.106 e. The minimum Gasteiger partial charge on any atom is -0.331 e. The van der Waals surface area contributed by atoms with Crippen LogP contribution in [0, 0.1) is 6.92 Å². The highest BCUT2D eigenvalue weighted by atomic mass is 15.2. The summed E-state index contributed by atoms with van der Waals surface area (Å²) in [5.41, 5.74) is 3.71. The van der Waals surface area contributed by atoms with Crippen LogP contribution in [0.25, 0.3) is 11.0 Å². The number of aromatic nitrogens is 2. The van der Waals surface area contributed by atoms with Gasteiger partial charge in [-0.1, -0.05) is 6.07 Å². The van der Waals surface area contributed by atoms with Crippen LogP contribution >= 0.6 is 0 Å². The van der Waals surface area contributed by atoms with Crippen molar-refractivity contribution in [1.82, 2.24) is 19.8 Å². The molecule has 0 atom stereocenters. The highest BCUT2D eigenvalue weighted by Crippen LogP contribution is 2.17. The van der Waals surface area contributed by atoms with Crippen molar-refractivity contribution in [2.45, 2.75) is 13.5 Å². The minimum atomic E-state index is 1.04. The van der Waals surface area contributed by atoms with Crippen LogP contribution in [0.15, 0.2) is 18.2 Å². The molecule has 2 aromatic rings. The lowest BCUT2D eigenvalue weighted by Crippen LogP contribution is -2.42. The lowest BCUT2D eigenvalue weighted by atomic mass is 10.1. The number of piperazine rings is 1. The van der Waals surface area contributed by atoms with Gasteiger partial charge in [0.25, 0.3) is 0 Å². The Morgan fingerprint density at radius 3 is 2.83 bits per heavy atom. The number of nitrogens with one attached hydrogen (secondary N) is 1. The predicted octanol–water partition coefficient (Wildman–Crippen LogP) is 1.29. The number of hydrogen-bond donors (Lipinski definition) is 1. The van der Waals surface area contributed by atoms with Crippen LogP contribution in [-0.2, 0) is 13.6 Å². The molecule has 0 bridgehead atoms. The van der Waals surface area contributed by atoms with Crippen molar-refractivity contribution in [3.8, 4) is 0 Å². The van der Waals surface area contributed by atoms with Gasteiger partial charge >= 0.3 is 0 Å². The zero-order valence-corrected chi connectivity index (χ0v) is 11.1. The molecule has 2 heterocycles. The Morgan fingerprint density at radius 1 is 1.28 bits per heavy atom. The van der Waals surface area contributed by atoms with Crippen molar-refractivity contribution in [3.63, 3.8) is 0 Å². The normalized spacial score (nSPS) is 17.4. The topological polar surface area (TPSA) is 33.1 Å². The van der Waals surface area contributed by atoms with E-state index >= 15 is 0 Å². The van der Waals surface area contributed by atoms with Gasteiger partial charge in [0, 0.05) is 39.8 Å². The SMILES string of the molecule is Cc1nc2ccc(CN3CCNCC3)cc2n1C. The molecule has 1 N–H and O–H groups in total. The van der Waals surface area contributed by atoms with Crippen LogP contribution in [0.3, 0.4) is 0 Å². The molecule has 0 spiro atoms. The third kappa shape index (κ3) is 2.13. The molecule has 0 aliphatic carbocycles. The second kappa shape index (κ2) is 4.71.